The second kappa shape index (κ2) is 5.14. The molecule has 0 radical (unpaired) electrons. The molecule has 1 aliphatic carbocycles. The van der Waals surface area contributed by atoms with Crippen molar-refractivity contribution >= 4 is 9.84 Å². The number of nitriles is 1. The summed E-state index contributed by atoms with van der Waals surface area (Å²) in [5.41, 5.74) is -0.262. The van der Waals surface area contributed by atoms with Crippen LogP contribution in [0.4, 0.5) is 0 Å². The summed E-state index contributed by atoms with van der Waals surface area (Å²) < 4.78 is 40.5. The Hall–Kier alpha value is -1.78. The third-order valence-electron chi connectivity index (χ3n) is 4.39. The number of ether oxygens (including phenoxy) is 3. The highest BCUT2D eigenvalue weighted by Crippen LogP contribution is 2.63. The Morgan fingerprint density at radius 1 is 1.41 bits per heavy atom. The topological polar surface area (TPSA) is 85.6 Å². The maximum Gasteiger partial charge on any atom is 0.231 e. The fourth-order valence-electron chi connectivity index (χ4n) is 3.27. The molecule has 0 N–H and O–H groups in total. The SMILES string of the molecule is CCS(=O)(=O)[C@H]1[C@@H](c2ccc3c(c2)OCO3)[C@@]1(C#N)COC. The van der Waals surface area contributed by atoms with Crippen LogP contribution in [-0.2, 0) is 14.6 Å². The van der Waals surface area contributed by atoms with Crippen LogP contribution in [0.2, 0.25) is 0 Å². The molecule has 0 bridgehead atoms. The summed E-state index contributed by atoms with van der Waals surface area (Å²) in [5, 5.41) is 8.85. The molecule has 0 unspecified atom stereocenters. The molecule has 1 aliphatic heterocycles. The van der Waals surface area contributed by atoms with Crippen LogP contribution >= 0.6 is 0 Å². The van der Waals surface area contributed by atoms with Gasteiger partial charge in [-0.2, -0.15) is 5.26 Å². The van der Waals surface area contributed by atoms with Crippen LogP contribution in [0.25, 0.3) is 0 Å². The standard InChI is InChI=1S/C15H17NO5S/c1-3-22(17,18)14-13(15(14,7-16)8-19-2)10-4-5-11-12(6-10)21-9-20-11/h4-6,13-14H,3,8-9H2,1-2H3/t13-,14+,15-/m1/s1. The zero-order valence-electron chi connectivity index (χ0n) is 12.4. The van der Waals surface area contributed by atoms with Crippen molar-refractivity contribution in [2.24, 2.45) is 5.41 Å². The second-order valence-electron chi connectivity index (χ2n) is 5.55. The quantitative estimate of drug-likeness (QED) is 0.816. The largest absolute Gasteiger partial charge is 0.454 e. The van der Waals surface area contributed by atoms with Gasteiger partial charge in [-0.3, -0.25) is 0 Å². The zero-order chi connectivity index (χ0) is 16.0. The number of rotatable bonds is 5. The van der Waals surface area contributed by atoms with Gasteiger partial charge in [0.05, 0.1) is 17.9 Å². The molecule has 1 heterocycles. The van der Waals surface area contributed by atoms with Crippen molar-refractivity contribution in [3.05, 3.63) is 23.8 Å². The Labute approximate surface area is 129 Å². The predicted molar refractivity (Wildman–Crippen MR) is 78.5 cm³/mol. The van der Waals surface area contributed by atoms with Gasteiger partial charge in [-0.05, 0) is 17.7 Å². The minimum Gasteiger partial charge on any atom is -0.454 e. The Bertz CT molecular complexity index is 739. The molecule has 6 nitrogen and oxygen atoms in total. The molecule has 118 valence electrons. The van der Waals surface area contributed by atoms with E-state index in [0.29, 0.717) is 11.5 Å². The number of sulfone groups is 1. The van der Waals surface area contributed by atoms with Gasteiger partial charge in [0.15, 0.2) is 21.3 Å². The van der Waals surface area contributed by atoms with Gasteiger partial charge in [-0.15, -0.1) is 0 Å². The van der Waals surface area contributed by atoms with E-state index in [1.807, 2.05) is 0 Å². The van der Waals surface area contributed by atoms with E-state index in [2.05, 4.69) is 6.07 Å². The average Bonchev–Trinajstić information content (AvgIpc) is 2.96. The van der Waals surface area contributed by atoms with Gasteiger partial charge in [0.2, 0.25) is 6.79 Å². The Kier molecular flexibility index (Phi) is 3.54. The number of benzene rings is 1. The predicted octanol–water partition coefficient (Wildman–Crippen LogP) is 1.47. The van der Waals surface area contributed by atoms with Gasteiger partial charge < -0.3 is 14.2 Å². The van der Waals surface area contributed by atoms with Gasteiger partial charge in [0.1, 0.15) is 5.41 Å². The molecule has 3 atom stereocenters. The second-order valence-corrected chi connectivity index (χ2v) is 7.96. The number of methoxy groups -OCH3 is 1. The van der Waals surface area contributed by atoms with E-state index >= 15 is 0 Å². The molecule has 0 saturated heterocycles. The molecule has 22 heavy (non-hydrogen) atoms. The van der Waals surface area contributed by atoms with Crippen LogP contribution in [0.15, 0.2) is 18.2 Å². The summed E-state index contributed by atoms with van der Waals surface area (Å²) in [6, 6.07) is 7.50. The van der Waals surface area contributed by atoms with E-state index < -0.39 is 26.4 Å². The molecule has 0 aromatic heterocycles. The van der Waals surface area contributed by atoms with Crippen LogP contribution in [0, 0.1) is 16.7 Å². The third-order valence-corrected chi connectivity index (χ3v) is 6.66. The fraction of sp³-hybridized carbons (Fsp3) is 0.533. The van der Waals surface area contributed by atoms with Gasteiger partial charge in [-0.1, -0.05) is 13.0 Å². The molecule has 1 fully saturated rings. The van der Waals surface area contributed by atoms with E-state index in [9.17, 15) is 13.7 Å². The minimum absolute atomic E-state index is 0.00582. The maximum absolute atomic E-state index is 12.4. The molecule has 7 heteroatoms. The first-order valence-electron chi connectivity index (χ1n) is 7.01. The third kappa shape index (κ3) is 2.06. The summed E-state index contributed by atoms with van der Waals surface area (Å²) in [6.07, 6.45) is 0. The Morgan fingerprint density at radius 3 is 2.77 bits per heavy atom. The summed E-state index contributed by atoms with van der Waals surface area (Å²) in [5.74, 6) is 0.818. The number of nitrogens with zero attached hydrogens (tertiary/aromatic N) is 1. The van der Waals surface area contributed by atoms with Crippen LogP contribution in [-0.4, -0.2) is 39.9 Å². The van der Waals surface area contributed by atoms with E-state index in [1.165, 1.54) is 7.11 Å². The van der Waals surface area contributed by atoms with Crippen molar-refractivity contribution in [2.75, 3.05) is 26.3 Å². The lowest BCUT2D eigenvalue weighted by Gasteiger charge is -2.07. The molecule has 0 spiro atoms. The van der Waals surface area contributed by atoms with E-state index in [1.54, 1.807) is 25.1 Å². The maximum atomic E-state index is 12.4. The lowest BCUT2D eigenvalue weighted by molar-refractivity contribution is 0.162. The highest BCUT2D eigenvalue weighted by atomic mass is 32.2. The van der Waals surface area contributed by atoms with Crippen molar-refractivity contribution < 1.29 is 22.6 Å². The molecule has 1 saturated carbocycles. The van der Waals surface area contributed by atoms with Crippen LogP contribution in [0.3, 0.4) is 0 Å². The molecule has 1 aromatic rings. The smallest absolute Gasteiger partial charge is 0.231 e. The molecule has 1 aromatic carbocycles. The number of hydrogen-bond acceptors (Lipinski definition) is 6. The summed E-state index contributed by atoms with van der Waals surface area (Å²) in [7, 11) is -1.88. The first kappa shape index (κ1) is 15.1. The molecular weight excluding hydrogens is 306 g/mol. The Balaban J connectivity index is 2.03. The molecule has 0 amide bonds. The number of fused-ring (bicyclic) bond motifs is 1. The fourth-order valence-corrected chi connectivity index (χ4v) is 5.27. The van der Waals surface area contributed by atoms with Crippen molar-refractivity contribution in [3.63, 3.8) is 0 Å². The van der Waals surface area contributed by atoms with Gasteiger partial charge >= 0.3 is 0 Å². The van der Waals surface area contributed by atoms with Gasteiger partial charge in [0.25, 0.3) is 0 Å². The van der Waals surface area contributed by atoms with Gasteiger partial charge in [0, 0.05) is 18.8 Å². The van der Waals surface area contributed by atoms with Gasteiger partial charge in [-0.25, -0.2) is 8.42 Å². The lowest BCUT2D eigenvalue weighted by atomic mass is 10.0. The normalized spacial score (nSPS) is 29.1. The number of hydrogen-bond donors (Lipinski definition) is 0. The first-order valence-corrected chi connectivity index (χ1v) is 8.73. The van der Waals surface area contributed by atoms with Crippen molar-refractivity contribution in [2.45, 2.75) is 18.1 Å². The summed E-state index contributed by atoms with van der Waals surface area (Å²) in [4.78, 5) is 0. The van der Waals surface area contributed by atoms with Crippen LogP contribution in [0.5, 0.6) is 11.5 Å². The summed E-state index contributed by atoms with van der Waals surface area (Å²) >= 11 is 0. The first-order chi connectivity index (χ1) is 10.5. The van der Waals surface area contributed by atoms with E-state index in [-0.39, 0.29) is 19.2 Å². The Morgan fingerprint density at radius 2 is 2.14 bits per heavy atom. The van der Waals surface area contributed by atoms with Crippen molar-refractivity contribution in [3.8, 4) is 17.6 Å². The van der Waals surface area contributed by atoms with Crippen molar-refractivity contribution in [1.29, 1.82) is 5.26 Å². The van der Waals surface area contributed by atoms with Crippen LogP contribution in [0.1, 0.15) is 18.4 Å². The molecular formula is C15H17NO5S. The lowest BCUT2D eigenvalue weighted by Crippen LogP contribution is -2.20. The van der Waals surface area contributed by atoms with Crippen molar-refractivity contribution in [1.82, 2.24) is 0 Å². The molecule has 2 aliphatic rings. The monoisotopic (exact) mass is 323 g/mol. The van der Waals surface area contributed by atoms with E-state index in [0.717, 1.165) is 5.56 Å². The van der Waals surface area contributed by atoms with E-state index in [4.69, 9.17) is 14.2 Å². The average molecular weight is 323 g/mol. The summed E-state index contributed by atoms with van der Waals surface area (Å²) in [6.45, 7) is 1.84. The zero-order valence-corrected chi connectivity index (χ0v) is 13.2. The minimum atomic E-state index is -3.35. The highest BCUT2D eigenvalue weighted by molar-refractivity contribution is 7.92. The molecule has 3 rings (SSSR count). The highest BCUT2D eigenvalue weighted by Gasteiger charge is 2.71. The van der Waals surface area contributed by atoms with Crippen LogP contribution < -0.4 is 9.47 Å².